The van der Waals surface area contributed by atoms with Crippen LogP contribution in [0.15, 0.2) is 0 Å². The molecule has 18 heavy (non-hydrogen) atoms. The molecule has 1 rings (SSSR count). The third kappa shape index (κ3) is 4.51. The number of sulfone groups is 2. The van der Waals surface area contributed by atoms with Gasteiger partial charge in [0, 0.05) is 12.3 Å². The number of hydrogen-bond donors (Lipinski definition) is 1. The first-order chi connectivity index (χ1) is 8.15. The lowest BCUT2D eigenvalue weighted by Crippen LogP contribution is -2.47. The first-order valence-electron chi connectivity index (χ1n) is 6.22. The van der Waals surface area contributed by atoms with Gasteiger partial charge in [0.1, 0.15) is 9.84 Å². The molecule has 0 bridgehead atoms. The van der Waals surface area contributed by atoms with Gasteiger partial charge in [0.2, 0.25) is 0 Å². The summed E-state index contributed by atoms with van der Waals surface area (Å²) in [4.78, 5) is 0. The van der Waals surface area contributed by atoms with Crippen molar-refractivity contribution in [2.24, 2.45) is 5.92 Å². The monoisotopic (exact) mass is 297 g/mol. The van der Waals surface area contributed by atoms with Gasteiger partial charge in [-0.15, -0.1) is 0 Å². The van der Waals surface area contributed by atoms with Crippen LogP contribution in [0.5, 0.6) is 0 Å². The van der Waals surface area contributed by atoms with Crippen molar-refractivity contribution in [3.8, 4) is 0 Å². The lowest BCUT2D eigenvalue weighted by molar-refractivity contribution is 0.319. The molecule has 1 saturated carbocycles. The van der Waals surface area contributed by atoms with E-state index < -0.39 is 24.9 Å². The molecule has 0 radical (unpaired) electrons. The molecule has 3 unspecified atom stereocenters. The molecule has 0 aromatic carbocycles. The molecule has 0 amide bonds. The minimum Gasteiger partial charge on any atom is -0.316 e. The van der Waals surface area contributed by atoms with Gasteiger partial charge in [0.25, 0.3) is 0 Å². The first kappa shape index (κ1) is 15.9. The molecule has 0 aromatic heterocycles. The van der Waals surface area contributed by atoms with Crippen LogP contribution in [0, 0.1) is 5.92 Å². The minimum absolute atomic E-state index is 0.0502. The Labute approximate surface area is 110 Å². The van der Waals surface area contributed by atoms with E-state index in [2.05, 4.69) is 5.32 Å². The molecule has 1 aliphatic rings. The van der Waals surface area contributed by atoms with Gasteiger partial charge in [0.15, 0.2) is 9.84 Å². The van der Waals surface area contributed by atoms with Crippen molar-refractivity contribution in [3.05, 3.63) is 0 Å². The fourth-order valence-corrected chi connectivity index (χ4v) is 6.31. The average Bonchev–Trinajstić information content (AvgIpc) is 2.26. The molecular weight excluding hydrogens is 274 g/mol. The van der Waals surface area contributed by atoms with Crippen molar-refractivity contribution in [2.75, 3.05) is 24.8 Å². The molecule has 7 heteroatoms. The van der Waals surface area contributed by atoms with Crippen LogP contribution in [-0.2, 0) is 19.7 Å². The summed E-state index contributed by atoms with van der Waals surface area (Å²) in [6.07, 6.45) is 3.54. The highest BCUT2D eigenvalue weighted by Gasteiger charge is 2.37. The highest BCUT2D eigenvalue weighted by atomic mass is 32.2. The van der Waals surface area contributed by atoms with E-state index >= 15 is 0 Å². The molecule has 5 nitrogen and oxygen atoms in total. The van der Waals surface area contributed by atoms with Gasteiger partial charge >= 0.3 is 0 Å². The number of hydrogen-bond acceptors (Lipinski definition) is 5. The minimum atomic E-state index is -3.35. The van der Waals surface area contributed by atoms with E-state index in [-0.39, 0.29) is 17.5 Å². The van der Waals surface area contributed by atoms with E-state index in [1.54, 1.807) is 7.05 Å². The predicted molar refractivity (Wildman–Crippen MR) is 73.1 cm³/mol. The molecular formula is C11H23NO4S2. The van der Waals surface area contributed by atoms with Crippen molar-refractivity contribution < 1.29 is 16.8 Å². The second kappa shape index (κ2) is 5.88. The van der Waals surface area contributed by atoms with Crippen molar-refractivity contribution in [1.82, 2.24) is 5.32 Å². The largest absolute Gasteiger partial charge is 0.316 e. The van der Waals surface area contributed by atoms with Crippen LogP contribution >= 0.6 is 0 Å². The maximum Gasteiger partial charge on any atom is 0.155 e. The molecule has 1 N–H and O–H groups in total. The Kier molecular flexibility index (Phi) is 5.20. The van der Waals surface area contributed by atoms with Crippen LogP contribution in [0.25, 0.3) is 0 Å². The Bertz CT molecular complexity index is 469. The third-order valence-electron chi connectivity index (χ3n) is 3.62. The molecule has 3 atom stereocenters. The Hall–Kier alpha value is -0.140. The molecule has 1 aliphatic carbocycles. The summed E-state index contributed by atoms with van der Waals surface area (Å²) >= 11 is 0. The number of nitrogens with one attached hydrogen (secondary N) is 1. The van der Waals surface area contributed by atoms with Crippen molar-refractivity contribution >= 4 is 19.7 Å². The highest BCUT2D eigenvalue weighted by molar-refractivity contribution is 7.95. The van der Waals surface area contributed by atoms with Crippen molar-refractivity contribution in [1.29, 1.82) is 0 Å². The van der Waals surface area contributed by atoms with E-state index in [0.29, 0.717) is 12.3 Å². The molecule has 0 heterocycles. The normalized spacial score (nSPS) is 30.3. The lowest BCUT2D eigenvalue weighted by atomic mass is 9.87. The van der Waals surface area contributed by atoms with Gasteiger partial charge in [-0.2, -0.15) is 0 Å². The molecule has 108 valence electrons. The first-order valence-corrected chi connectivity index (χ1v) is 10.00. The van der Waals surface area contributed by atoms with Crippen LogP contribution in [-0.4, -0.2) is 52.9 Å². The van der Waals surface area contributed by atoms with Gasteiger partial charge in [-0.25, -0.2) is 16.8 Å². The fourth-order valence-electron chi connectivity index (χ4n) is 2.47. The maximum atomic E-state index is 12.2. The summed E-state index contributed by atoms with van der Waals surface area (Å²) in [5.41, 5.74) is 0. The van der Waals surface area contributed by atoms with E-state index in [4.69, 9.17) is 0 Å². The smallest absolute Gasteiger partial charge is 0.155 e. The quantitative estimate of drug-likeness (QED) is 0.785. The second-order valence-electron chi connectivity index (χ2n) is 5.35. The summed E-state index contributed by atoms with van der Waals surface area (Å²) in [7, 11) is -4.82. The van der Waals surface area contributed by atoms with Crippen LogP contribution in [0.3, 0.4) is 0 Å². The summed E-state index contributed by atoms with van der Waals surface area (Å²) in [6, 6.07) is -0.0502. The van der Waals surface area contributed by atoms with Gasteiger partial charge in [0.05, 0.1) is 16.8 Å². The van der Waals surface area contributed by atoms with Crippen LogP contribution in [0.2, 0.25) is 0 Å². The summed E-state index contributed by atoms with van der Waals surface area (Å²) in [5, 5.41) is 2.60. The zero-order valence-corrected chi connectivity index (χ0v) is 12.9. The molecule has 0 aromatic rings. The van der Waals surface area contributed by atoms with Crippen molar-refractivity contribution in [2.45, 2.75) is 37.5 Å². The molecule has 0 saturated heterocycles. The zero-order chi connectivity index (χ0) is 14.0. The fraction of sp³-hybridized carbons (Fsp3) is 1.00. The summed E-state index contributed by atoms with van der Waals surface area (Å²) < 4.78 is 46.7. The van der Waals surface area contributed by atoms with Crippen LogP contribution in [0.1, 0.15) is 26.2 Å². The van der Waals surface area contributed by atoms with Crippen LogP contribution < -0.4 is 5.32 Å². The van der Waals surface area contributed by atoms with E-state index in [0.717, 1.165) is 19.1 Å². The predicted octanol–water partition coefficient (Wildman–Crippen LogP) is 0.222. The van der Waals surface area contributed by atoms with Gasteiger partial charge in [-0.1, -0.05) is 6.92 Å². The topological polar surface area (TPSA) is 80.3 Å². The second-order valence-corrected chi connectivity index (χ2v) is 9.95. The standard InChI is InChI=1S/C11H23NO4S2/c1-9-4-5-10(12-2)11(8-9)18(15,16)7-6-17(3,13)14/h9-12H,4-8H2,1-3H3. The Morgan fingerprint density at radius 3 is 2.22 bits per heavy atom. The molecule has 0 spiro atoms. The van der Waals surface area contributed by atoms with Gasteiger partial charge in [-0.3, -0.25) is 0 Å². The van der Waals surface area contributed by atoms with E-state index in [1.165, 1.54) is 0 Å². The van der Waals surface area contributed by atoms with Gasteiger partial charge < -0.3 is 5.32 Å². The highest BCUT2D eigenvalue weighted by Crippen LogP contribution is 2.29. The molecule has 1 fully saturated rings. The van der Waals surface area contributed by atoms with E-state index in [1.807, 2.05) is 6.92 Å². The lowest BCUT2D eigenvalue weighted by Gasteiger charge is -2.34. The average molecular weight is 297 g/mol. The summed E-state index contributed by atoms with van der Waals surface area (Å²) in [6.45, 7) is 2.05. The molecule has 0 aliphatic heterocycles. The Morgan fingerprint density at radius 1 is 1.11 bits per heavy atom. The van der Waals surface area contributed by atoms with E-state index in [9.17, 15) is 16.8 Å². The third-order valence-corrected chi connectivity index (χ3v) is 7.05. The SMILES string of the molecule is CNC1CCC(C)CC1S(=O)(=O)CCS(C)(=O)=O. The maximum absolute atomic E-state index is 12.2. The van der Waals surface area contributed by atoms with Crippen molar-refractivity contribution in [3.63, 3.8) is 0 Å². The Balaban J connectivity index is 2.81. The Morgan fingerprint density at radius 2 is 1.72 bits per heavy atom. The summed E-state index contributed by atoms with van der Waals surface area (Å²) in [5.74, 6) is -0.162. The zero-order valence-electron chi connectivity index (χ0n) is 11.2. The van der Waals surface area contributed by atoms with Gasteiger partial charge in [-0.05, 0) is 32.2 Å². The number of rotatable bonds is 5. The van der Waals surface area contributed by atoms with Crippen LogP contribution in [0.4, 0.5) is 0 Å².